The normalized spacial score (nSPS) is 10.4. The number of nitrogens with two attached hydrogens (primary N) is 1. The maximum absolute atomic E-state index is 9.63. The second-order valence-corrected chi connectivity index (χ2v) is 3.24. The van der Waals surface area contributed by atoms with E-state index in [2.05, 4.69) is 0 Å². The number of aromatic nitrogens is 1. The van der Waals surface area contributed by atoms with Crippen molar-refractivity contribution in [3.05, 3.63) is 36.5 Å². The number of para-hydroxylation sites is 1. The summed E-state index contributed by atoms with van der Waals surface area (Å²) in [5.74, 6) is 0.914. The Bertz CT molecular complexity index is 460. The monoisotopic (exact) mass is 188 g/mol. The molecule has 1 heterocycles. The average Bonchev–Trinajstić information content (AvgIpc) is 2.49. The summed E-state index contributed by atoms with van der Waals surface area (Å²) in [6.07, 6.45) is 1.87. The van der Waals surface area contributed by atoms with Crippen molar-refractivity contribution < 1.29 is 5.11 Å². The average molecular weight is 188 g/mol. The molecule has 1 aromatic carbocycles. The molecular formula is C11H12N2O. The number of hydrogen-bond acceptors (Lipinski definition) is 2. The lowest BCUT2D eigenvalue weighted by Crippen LogP contribution is -1.95. The maximum atomic E-state index is 9.63. The number of phenolic OH excluding ortho intramolecular Hbond substituents is 1. The minimum atomic E-state index is 0.255. The molecule has 0 radical (unpaired) electrons. The van der Waals surface area contributed by atoms with Crippen molar-refractivity contribution in [1.29, 1.82) is 0 Å². The molecule has 3 nitrogen and oxygen atoms in total. The van der Waals surface area contributed by atoms with Gasteiger partial charge in [0.15, 0.2) is 0 Å². The van der Waals surface area contributed by atoms with Gasteiger partial charge in [0, 0.05) is 24.4 Å². The minimum Gasteiger partial charge on any atom is -0.507 e. The molecule has 0 unspecified atom stereocenters. The minimum absolute atomic E-state index is 0.255. The fourth-order valence-electron chi connectivity index (χ4n) is 1.47. The number of aryl methyl sites for hydroxylation is 1. The summed E-state index contributed by atoms with van der Waals surface area (Å²) >= 11 is 0. The highest BCUT2D eigenvalue weighted by Gasteiger charge is 2.08. The van der Waals surface area contributed by atoms with E-state index in [1.54, 1.807) is 12.1 Å². The third kappa shape index (κ3) is 1.23. The zero-order valence-corrected chi connectivity index (χ0v) is 7.94. The van der Waals surface area contributed by atoms with Gasteiger partial charge >= 0.3 is 0 Å². The lowest BCUT2D eigenvalue weighted by atomic mass is 10.1. The van der Waals surface area contributed by atoms with E-state index in [1.165, 1.54) is 0 Å². The molecule has 0 fully saturated rings. The number of phenols is 1. The van der Waals surface area contributed by atoms with Gasteiger partial charge in [-0.2, -0.15) is 0 Å². The molecule has 3 N–H and O–H groups in total. The zero-order chi connectivity index (χ0) is 10.1. The second-order valence-electron chi connectivity index (χ2n) is 3.24. The van der Waals surface area contributed by atoms with Crippen molar-refractivity contribution in [2.45, 2.75) is 0 Å². The highest BCUT2D eigenvalue weighted by atomic mass is 16.3. The van der Waals surface area contributed by atoms with Gasteiger partial charge in [0.2, 0.25) is 0 Å². The summed E-state index contributed by atoms with van der Waals surface area (Å²) in [5, 5.41) is 9.63. The van der Waals surface area contributed by atoms with Gasteiger partial charge < -0.3 is 15.4 Å². The van der Waals surface area contributed by atoms with Gasteiger partial charge in [-0.1, -0.05) is 18.2 Å². The van der Waals surface area contributed by atoms with Crippen molar-refractivity contribution in [2.24, 2.45) is 7.05 Å². The van der Waals surface area contributed by atoms with Crippen molar-refractivity contribution >= 4 is 5.82 Å². The lowest BCUT2D eigenvalue weighted by molar-refractivity contribution is 0.477. The zero-order valence-electron chi connectivity index (χ0n) is 7.94. The fourth-order valence-corrected chi connectivity index (χ4v) is 1.47. The largest absolute Gasteiger partial charge is 0.507 e. The Morgan fingerprint density at radius 3 is 2.43 bits per heavy atom. The van der Waals surface area contributed by atoms with Gasteiger partial charge in [-0.05, 0) is 12.1 Å². The first-order chi connectivity index (χ1) is 6.70. The SMILES string of the molecule is Cn1ccc(-c2ccccc2O)c1N. The molecule has 0 aliphatic carbocycles. The van der Waals surface area contributed by atoms with Crippen LogP contribution in [0.3, 0.4) is 0 Å². The summed E-state index contributed by atoms with van der Waals surface area (Å²) < 4.78 is 1.82. The molecule has 72 valence electrons. The Morgan fingerprint density at radius 2 is 1.86 bits per heavy atom. The number of aromatic hydroxyl groups is 1. The summed E-state index contributed by atoms with van der Waals surface area (Å²) in [7, 11) is 1.87. The molecule has 2 aromatic rings. The molecule has 0 atom stereocenters. The van der Waals surface area contributed by atoms with E-state index in [4.69, 9.17) is 5.73 Å². The second kappa shape index (κ2) is 3.10. The van der Waals surface area contributed by atoms with Crippen LogP contribution in [0.4, 0.5) is 5.82 Å². The van der Waals surface area contributed by atoms with Crippen LogP contribution in [0.2, 0.25) is 0 Å². The predicted molar refractivity (Wildman–Crippen MR) is 56.9 cm³/mol. The van der Waals surface area contributed by atoms with Gasteiger partial charge in [0.25, 0.3) is 0 Å². The summed E-state index contributed by atoms with van der Waals surface area (Å²) in [5.41, 5.74) is 7.49. The number of anilines is 1. The van der Waals surface area contributed by atoms with Gasteiger partial charge in [0.1, 0.15) is 11.6 Å². The molecular weight excluding hydrogens is 176 g/mol. The predicted octanol–water partition coefficient (Wildman–Crippen LogP) is 1.98. The molecule has 0 saturated carbocycles. The molecule has 14 heavy (non-hydrogen) atoms. The van der Waals surface area contributed by atoms with Crippen molar-refractivity contribution in [2.75, 3.05) is 5.73 Å². The number of nitrogen functional groups attached to an aromatic ring is 1. The van der Waals surface area contributed by atoms with Crippen LogP contribution in [-0.4, -0.2) is 9.67 Å². The van der Waals surface area contributed by atoms with E-state index < -0.39 is 0 Å². The molecule has 2 rings (SSSR count). The van der Waals surface area contributed by atoms with E-state index in [0.717, 1.165) is 11.1 Å². The van der Waals surface area contributed by atoms with Gasteiger partial charge in [-0.15, -0.1) is 0 Å². The van der Waals surface area contributed by atoms with Gasteiger partial charge in [-0.25, -0.2) is 0 Å². The van der Waals surface area contributed by atoms with Gasteiger partial charge in [0.05, 0.1) is 0 Å². The molecule has 3 heteroatoms. The fraction of sp³-hybridized carbons (Fsp3) is 0.0909. The molecule has 1 aromatic heterocycles. The summed E-state index contributed by atoms with van der Waals surface area (Å²) in [6.45, 7) is 0. The number of rotatable bonds is 1. The van der Waals surface area contributed by atoms with Crippen LogP contribution in [0, 0.1) is 0 Å². The van der Waals surface area contributed by atoms with Crippen LogP contribution in [0.1, 0.15) is 0 Å². The molecule has 0 amide bonds. The molecule has 0 spiro atoms. The first-order valence-corrected chi connectivity index (χ1v) is 4.39. The third-order valence-electron chi connectivity index (χ3n) is 2.31. The maximum Gasteiger partial charge on any atom is 0.123 e. The highest BCUT2D eigenvalue weighted by Crippen LogP contribution is 2.32. The van der Waals surface area contributed by atoms with E-state index in [-0.39, 0.29) is 5.75 Å². The van der Waals surface area contributed by atoms with E-state index in [1.807, 2.05) is 36.0 Å². The van der Waals surface area contributed by atoms with Crippen LogP contribution in [0.5, 0.6) is 5.75 Å². The van der Waals surface area contributed by atoms with Crippen molar-refractivity contribution in [3.63, 3.8) is 0 Å². The Morgan fingerprint density at radius 1 is 1.14 bits per heavy atom. The molecule has 0 aliphatic rings. The molecule has 0 saturated heterocycles. The van der Waals surface area contributed by atoms with Crippen LogP contribution >= 0.6 is 0 Å². The standard InChI is InChI=1S/C11H12N2O/c1-13-7-6-9(11(13)12)8-4-2-3-5-10(8)14/h2-7,14H,12H2,1H3. The quantitative estimate of drug-likeness (QED) is 0.719. The first kappa shape index (κ1) is 8.69. The van der Waals surface area contributed by atoms with Gasteiger partial charge in [-0.3, -0.25) is 0 Å². The first-order valence-electron chi connectivity index (χ1n) is 4.39. The van der Waals surface area contributed by atoms with Crippen LogP contribution in [0.25, 0.3) is 11.1 Å². The van der Waals surface area contributed by atoms with Crippen LogP contribution in [0.15, 0.2) is 36.5 Å². The van der Waals surface area contributed by atoms with Crippen LogP contribution < -0.4 is 5.73 Å². The lowest BCUT2D eigenvalue weighted by Gasteiger charge is -2.04. The Balaban J connectivity index is 2.60. The van der Waals surface area contributed by atoms with Crippen LogP contribution in [-0.2, 0) is 7.05 Å². The Hall–Kier alpha value is -1.90. The number of nitrogens with zero attached hydrogens (tertiary/aromatic N) is 1. The summed E-state index contributed by atoms with van der Waals surface area (Å²) in [6, 6.07) is 9.06. The van der Waals surface area contributed by atoms with Crippen molar-refractivity contribution in [3.8, 4) is 16.9 Å². The smallest absolute Gasteiger partial charge is 0.123 e. The Labute approximate surface area is 82.4 Å². The number of benzene rings is 1. The Kier molecular flexibility index (Phi) is 1.93. The molecule has 0 bridgehead atoms. The molecule has 0 aliphatic heterocycles. The third-order valence-corrected chi connectivity index (χ3v) is 2.31. The van der Waals surface area contributed by atoms with E-state index in [0.29, 0.717) is 5.82 Å². The number of hydrogen-bond donors (Lipinski definition) is 2. The summed E-state index contributed by atoms with van der Waals surface area (Å²) in [4.78, 5) is 0. The van der Waals surface area contributed by atoms with Crippen molar-refractivity contribution in [1.82, 2.24) is 4.57 Å². The van der Waals surface area contributed by atoms with E-state index in [9.17, 15) is 5.11 Å². The topological polar surface area (TPSA) is 51.2 Å². The highest BCUT2D eigenvalue weighted by molar-refractivity contribution is 5.78. The van der Waals surface area contributed by atoms with E-state index >= 15 is 0 Å².